The minimum atomic E-state index is -1.22. The molecule has 2 aliphatic rings. The number of cyclic esters (lactones) is 1. The lowest BCUT2D eigenvalue weighted by molar-refractivity contribution is -0.155. The van der Waals surface area contributed by atoms with Crippen molar-refractivity contribution in [2.75, 3.05) is 0 Å². The van der Waals surface area contributed by atoms with E-state index in [0.29, 0.717) is 12.3 Å². The van der Waals surface area contributed by atoms with Gasteiger partial charge in [0, 0.05) is 17.2 Å². The zero-order chi connectivity index (χ0) is 26.8. The van der Waals surface area contributed by atoms with Crippen LogP contribution in [0.25, 0.3) is 6.08 Å². The Morgan fingerprint density at radius 3 is 2.50 bits per heavy atom. The zero-order valence-electron chi connectivity index (χ0n) is 22.8. The number of carbonyl (C=O) groups is 2. The minimum absolute atomic E-state index is 0.0866. The van der Waals surface area contributed by atoms with Gasteiger partial charge in [-0.15, -0.1) is 11.3 Å². The quantitative estimate of drug-likeness (QED) is 0.396. The summed E-state index contributed by atoms with van der Waals surface area (Å²) in [7, 11) is 0. The van der Waals surface area contributed by atoms with Crippen LogP contribution in [0.1, 0.15) is 84.3 Å². The number of aliphatic hydroxyl groups is 2. The van der Waals surface area contributed by atoms with Crippen molar-refractivity contribution in [3.05, 3.63) is 33.8 Å². The van der Waals surface area contributed by atoms with Crippen LogP contribution in [0.3, 0.4) is 0 Å². The predicted molar refractivity (Wildman–Crippen MR) is 143 cm³/mol. The number of aromatic nitrogens is 1. The number of ketones is 1. The highest BCUT2D eigenvalue weighted by Crippen LogP contribution is 2.52. The lowest BCUT2D eigenvalue weighted by Gasteiger charge is -2.48. The molecule has 1 aliphatic carbocycles. The summed E-state index contributed by atoms with van der Waals surface area (Å²) < 4.78 is 5.98. The highest BCUT2D eigenvalue weighted by atomic mass is 32.1. The van der Waals surface area contributed by atoms with Gasteiger partial charge in [0.25, 0.3) is 0 Å². The average molecular weight is 518 g/mol. The van der Waals surface area contributed by atoms with Crippen LogP contribution in [0.4, 0.5) is 0 Å². The van der Waals surface area contributed by atoms with Gasteiger partial charge in [-0.2, -0.15) is 0 Å². The van der Waals surface area contributed by atoms with Crippen molar-refractivity contribution in [2.24, 2.45) is 28.6 Å². The monoisotopic (exact) mass is 517 g/mol. The van der Waals surface area contributed by atoms with Gasteiger partial charge in [0.1, 0.15) is 11.9 Å². The van der Waals surface area contributed by atoms with Crippen LogP contribution in [0.2, 0.25) is 0 Å². The first-order valence-electron chi connectivity index (χ1n) is 13.1. The third-order valence-electron chi connectivity index (χ3n) is 8.66. The summed E-state index contributed by atoms with van der Waals surface area (Å²) >= 11 is 1.58. The van der Waals surface area contributed by atoms with Crippen molar-refractivity contribution in [2.45, 2.75) is 98.9 Å². The number of nitrogens with zero attached hydrogens (tertiary/aromatic N) is 1. The highest BCUT2D eigenvalue weighted by molar-refractivity contribution is 7.09. The number of rotatable bonds is 2. The molecular weight excluding hydrogens is 474 g/mol. The summed E-state index contributed by atoms with van der Waals surface area (Å²) in [5.74, 6) is -1.28. The summed E-state index contributed by atoms with van der Waals surface area (Å²) in [6, 6.07) is 0. The van der Waals surface area contributed by atoms with Crippen LogP contribution in [0, 0.1) is 35.5 Å². The van der Waals surface area contributed by atoms with E-state index in [-0.39, 0.29) is 23.5 Å². The van der Waals surface area contributed by atoms with Gasteiger partial charge in [-0.05, 0) is 62.5 Å². The maximum Gasteiger partial charge on any atom is 0.309 e. The first-order valence-corrected chi connectivity index (χ1v) is 14.0. The van der Waals surface area contributed by atoms with Crippen LogP contribution in [0.5, 0.6) is 0 Å². The number of ether oxygens (including phenoxy) is 1. The van der Waals surface area contributed by atoms with Crippen LogP contribution in [-0.4, -0.2) is 45.3 Å². The van der Waals surface area contributed by atoms with E-state index < -0.39 is 35.6 Å². The van der Waals surface area contributed by atoms with Crippen molar-refractivity contribution >= 4 is 29.2 Å². The maximum atomic E-state index is 13.3. The van der Waals surface area contributed by atoms with E-state index in [9.17, 15) is 19.8 Å². The van der Waals surface area contributed by atoms with E-state index in [0.717, 1.165) is 35.5 Å². The van der Waals surface area contributed by atoms with Gasteiger partial charge in [0.2, 0.25) is 0 Å². The summed E-state index contributed by atoms with van der Waals surface area (Å²) in [6.07, 6.45) is 7.07. The Balaban J connectivity index is 1.93. The molecule has 7 atom stereocenters. The molecular formula is C29H43NO5S. The van der Waals surface area contributed by atoms with Gasteiger partial charge in [0.15, 0.2) is 0 Å². The fourth-order valence-corrected chi connectivity index (χ4v) is 6.09. The number of aryl methyl sites for hydroxylation is 1. The first-order chi connectivity index (χ1) is 16.7. The largest absolute Gasteiger partial charge is 0.458 e. The van der Waals surface area contributed by atoms with Gasteiger partial charge in [-0.25, -0.2) is 4.98 Å². The van der Waals surface area contributed by atoms with Crippen LogP contribution in [-0.2, 0) is 14.3 Å². The molecule has 0 bridgehead atoms. The van der Waals surface area contributed by atoms with E-state index in [1.807, 2.05) is 38.3 Å². The summed E-state index contributed by atoms with van der Waals surface area (Å²) in [6.45, 7) is 13.1. The van der Waals surface area contributed by atoms with E-state index in [1.165, 1.54) is 0 Å². The number of hydrogen-bond donors (Lipinski definition) is 2. The van der Waals surface area contributed by atoms with E-state index in [2.05, 4.69) is 18.0 Å². The van der Waals surface area contributed by atoms with Crippen molar-refractivity contribution in [3.8, 4) is 0 Å². The molecule has 36 heavy (non-hydrogen) atoms. The molecule has 1 aromatic heterocycles. The molecule has 1 aliphatic heterocycles. The lowest BCUT2D eigenvalue weighted by Crippen LogP contribution is -2.46. The number of allylic oxidation sites excluding steroid dienone is 1. The molecule has 0 aromatic carbocycles. The Morgan fingerprint density at radius 1 is 1.22 bits per heavy atom. The normalized spacial score (nSPS) is 37.5. The number of fused-ring (bicyclic) bond motifs is 1. The molecule has 1 saturated carbocycles. The molecule has 7 heteroatoms. The van der Waals surface area contributed by atoms with Crippen LogP contribution >= 0.6 is 11.3 Å². The van der Waals surface area contributed by atoms with Crippen molar-refractivity contribution in [1.82, 2.24) is 4.98 Å². The Bertz CT molecular complexity index is 1010. The molecule has 0 amide bonds. The number of Topliss-reactive ketones (excluding diaryl/α,β-unsaturated/α-hetero) is 1. The van der Waals surface area contributed by atoms with Crippen molar-refractivity contribution in [3.63, 3.8) is 0 Å². The Kier molecular flexibility index (Phi) is 9.00. The fourth-order valence-electron chi connectivity index (χ4n) is 5.52. The predicted octanol–water partition coefficient (Wildman–Crippen LogP) is 5.51. The number of hydrogen-bond acceptors (Lipinski definition) is 7. The number of thiazole rings is 1. The maximum absolute atomic E-state index is 13.3. The van der Waals surface area contributed by atoms with Gasteiger partial charge in [0.05, 0.1) is 34.7 Å². The van der Waals surface area contributed by atoms with Crippen molar-refractivity contribution in [1.29, 1.82) is 0 Å². The molecule has 0 unspecified atom stereocenters. The molecule has 0 spiro atoms. The second-order valence-corrected chi connectivity index (χ2v) is 12.9. The Labute approximate surface area is 219 Å². The second kappa shape index (κ2) is 11.3. The topological polar surface area (TPSA) is 96.7 Å². The summed E-state index contributed by atoms with van der Waals surface area (Å²) in [5.41, 5.74) is 0.662. The molecule has 2 N–H and O–H groups in total. The SMILES string of the molecule is C/C(=C\c1csc(C)n1)[C@@H]1C[C@@H]2CC[C@]2(C)C/C=C/[C@H](C)[C@H](O)[C@@H](C)C(=O)C(C)(C)[C@@H](O)CC(=O)O1. The fraction of sp³-hybridized carbons (Fsp3) is 0.690. The summed E-state index contributed by atoms with van der Waals surface area (Å²) in [4.78, 5) is 30.8. The molecule has 3 rings (SSSR count). The van der Waals surface area contributed by atoms with Gasteiger partial charge < -0.3 is 14.9 Å². The molecule has 1 fully saturated rings. The molecule has 0 radical (unpaired) electrons. The van der Waals surface area contributed by atoms with Crippen LogP contribution < -0.4 is 0 Å². The molecule has 0 saturated heterocycles. The van der Waals surface area contributed by atoms with E-state index in [4.69, 9.17) is 4.74 Å². The van der Waals surface area contributed by atoms with Gasteiger partial charge in [-0.1, -0.05) is 46.8 Å². The number of esters is 1. The summed E-state index contributed by atoms with van der Waals surface area (Å²) in [5, 5.41) is 24.7. The number of carbonyl (C=O) groups excluding carboxylic acids is 2. The Morgan fingerprint density at radius 2 is 1.92 bits per heavy atom. The molecule has 2 heterocycles. The smallest absolute Gasteiger partial charge is 0.309 e. The standard InChI is InChI=1S/C29H43NO5S/c1-17-9-8-11-29(7)12-10-21(29)14-23(18(2)13-22-16-36-20(4)30-22)35-25(32)15-24(31)28(5,6)27(34)19(3)26(17)33/h8-9,13,16-17,19,21,23-24,26,31,33H,10-12,14-15H2,1-7H3/b9-8+,18-13+/t17-,19+,21-,23-,24-,26-,29-/m0/s1. The average Bonchev–Trinajstić information content (AvgIpc) is 3.22. The number of aliphatic hydroxyl groups excluding tert-OH is 2. The highest BCUT2D eigenvalue weighted by Gasteiger charge is 2.45. The minimum Gasteiger partial charge on any atom is -0.458 e. The van der Waals surface area contributed by atoms with Gasteiger partial charge in [-0.3, -0.25) is 9.59 Å². The second-order valence-electron chi connectivity index (χ2n) is 11.9. The van der Waals surface area contributed by atoms with E-state index in [1.54, 1.807) is 32.1 Å². The van der Waals surface area contributed by atoms with Crippen molar-refractivity contribution < 1.29 is 24.5 Å². The molecule has 1 aromatic rings. The molecule has 200 valence electrons. The lowest BCUT2D eigenvalue weighted by atomic mass is 9.57. The van der Waals surface area contributed by atoms with Gasteiger partial charge >= 0.3 is 5.97 Å². The third-order valence-corrected chi connectivity index (χ3v) is 9.45. The molecule has 6 nitrogen and oxygen atoms in total. The zero-order valence-corrected chi connectivity index (χ0v) is 23.6. The Hall–Kier alpha value is -1.83. The third kappa shape index (κ3) is 6.35. The first kappa shape index (κ1) is 28.7. The van der Waals surface area contributed by atoms with E-state index >= 15 is 0 Å². The van der Waals surface area contributed by atoms with Crippen LogP contribution in [0.15, 0.2) is 23.1 Å².